The minimum absolute atomic E-state index is 0.0235. The van der Waals surface area contributed by atoms with E-state index in [1.54, 1.807) is 0 Å². The quantitative estimate of drug-likeness (QED) is 0.450. The number of hydrogen-bond acceptors (Lipinski definition) is 4. The number of carbonyl (C=O) groups excluding carboxylic acids is 1. The van der Waals surface area contributed by atoms with Crippen LogP contribution < -0.4 is 10.1 Å². The number of aliphatic hydroxyl groups is 1. The minimum atomic E-state index is -0.391. The van der Waals surface area contributed by atoms with Crippen molar-refractivity contribution in [3.05, 3.63) is 34.9 Å². The van der Waals surface area contributed by atoms with Crippen LogP contribution in [-0.4, -0.2) is 34.9 Å². The van der Waals surface area contributed by atoms with Crippen LogP contribution in [0.3, 0.4) is 0 Å². The number of aromatic hydroxyl groups is 1. The second kappa shape index (κ2) is 9.86. The number of ether oxygens (including phenoxy) is 1. The van der Waals surface area contributed by atoms with E-state index in [0.29, 0.717) is 6.42 Å². The molecule has 2 aliphatic rings. The summed E-state index contributed by atoms with van der Waals surface area (Å²) >= 11 is 0. The Labute approximate surface area is 193 Å². The Bertz CT molecular complexity index is 855. The van der Waals surface area contributed by atoms with Gasteiger partial charge in [-0.25, -0.2) is 0 Å². The zero-order valence-electron chi connectivity index (χ0n) is 20.5. The number of nitrogens with one attached hydrogen (secondary N) is 1. The Balaban J connectivity index is 1.90. The Hall–Kier alpha value is -2.01. The van der Waals surface area contributed by atoms with Gasteiger partial charge in [0, 0.05) is 29.5 Å². The van der Waals surface area contributed by atoms with Crippen LogP contribution in [0.25, 0.3) is 0 Å². The number of benzene rings is 1. The van der Waals surface area contributed by atoms with E-state index < -0.39 is 5.60 Å². The maximum absolute atomic E-state index is 12.5. The molecule has 1 aromatic rings. The summed E-state index contributed by atoms with van der Waals surface area (Å²) < 4.78 is 6.49. The predicted octanol–water partition coefficient (Wildman–Crippen LogP) is 5.34. The summed E-state index contributed by atoms with van der Waals surface area (Å²) in [5, 5.41) is 22.9. The third kappa shape index (κ3) is 5.14. The van der Waals surface area contributed by atoms with E-state index in [9.17, 15) is 9.90 Å². The highest BCUT2D eigenvalue weighted by molar-refractivity contribution is 5.93. The lowest BCUT2D eigenvalue weighted by atomic mass is 9.66. The smallest absolute Gasteiger partial charge is 0.246 e. The molecule has 0 saturated carbocycles. The van der Waals surface area contributed by atoms with Gasteiger partial charge in [-0.15, -0.1) is 0 Å². The van der Waals surface area contributed by atoms with Crippen molar-refractivity contribution in [1.82, 2.24) is 5.32 Å². The SMILES string of the molecule is CCCCCCC(C)(C)c1cc(O)c2c(c1)OC(C)(C)[C@@H]1CC=C(C(=O)NCCO)C[C@@H]21. The number of carbonyl (C=O) groups is 1. The van der Waals surface area contributed by atoms with Crippen molar-refractivity contribution < 1.29 is 19.7 Å². The normalized spacial score (nSPS) is 21.8. The largest absolute Gasteiger partial charge is 0.508 e. The van der Waals surface area contributed by atoms with Crippen LogP contribution >= 0.6 is 0 Å². The number of hydrogen-bond donors (Lipinski definition) is 3. The van der Waals surface area contributed by atoms with Crippen molar-refractivity contribution in [3.63, 3.8) is 0 Å². The lowest BCUT2D eigenvalue weighted by molar-refractivity contribution is -0.118. The van der Waals surface area contributed by atoms with Gasteiger partial charge in [0.05, 0.1) is 6.61 Å². The van der Waals surface area contributed by atoms with Gasteiger partial charge in [-0.3, -0.25) is 4.79 Å². The molecule has 3 N–H and O–H groups in total. The third-order valence-electron chi connectivity index (χ3n) is 7.43. The summed E-state index contributed by atoms with van der Waals surface area (Å²) in [5.41, 5.74) is 2.22. The summed E-state index contributed by atoms with van der Waals surface area (Å²) in [6.45, 7) is 11.1. The average Bonchev–Trinajstić information content (AvgIpc) is 2.73. The maximum atomic E-state index is 12.5. The highest BCUT2D eigenvalue weighted by Crippen LogP contribution is 2.55. The van der Waals surface area contributed by atoms with Crippen LogP contribution in [0.2, 0.25) is 0 Å². The number of aliphatic hydroxyl groups excluding tert-OH is 1. The van der Waals surface area contributed by atoms with E-state index in [-0.39, 0.29) is 42.1 Å². The fraction of sp³-hybridized carbons (Fsp3) is 0.667. The molecule has 3 rings (SSSR count). The molecule has 1 amide bonds. The molecule has 1 aromatic carbocycles. The third-order valence-corrected chi connectivity index (χ3v) is 7.43. The molecule has 0 bridgehead atoms. The van der Waals surface area contributed by atoms with E-state index >= 15 is 0 Å². The van der Waals surface area contributed by atoms with Gasteiger partial charge < -0.3 is 20.3 Å². The predicted molar refractivity (Wildman–Crippen MR) is 128 cm³/mol. The van der Waals surface area contributed by atoms with Crippen molar-refractivity contribution in [1.29, 1.82) is 0 Å². The summed E-state index contributed by atoms with van der Waals surface area (Å²) in [7, 11) is 0. The maximum Gasteiger partial charge on any atom is 0.246 e. The molecule has 5 nitrogen and oxygen atoms in total. The first-order valence-electron chi connectivity index (χ1n) is 12.2. The molecule has 0 unspecified atom stereocenters. The second-order valence-electron chi connectivity index (χ2n) is 10.7. The molecule has 1 aliphatic carbocycles. The standard InChI is InChI=1S/C27H41NO4/c1-6-7-8-9-12-26(2,3)19-16-22(30)24-20-15-18(25(31)28-13-14-29)10-11-21(20)27(4,5)32-23(24)17-19/h10,16-17,20-21,29-30H,6-9,11-15H2,1-5H3,(H,28,31)/t20-,21-/m1/s1. The molecule has 32 heavy (non-hydrogen) atoms. The first kappa shape index (κ1) is 24.6. The molecular weight excluding hydrogens is 402 g/mol. The number of phenolic OH excluding ortho intramolecular Hbond substituents is 1. The summed E-state index contributed by atoms with van der Waals surface area (Å²) in [4.78, 5) is 12.5. The molecule has 0 aromatic heterocycles. The summed E-state index contributed by atoms with van der Waals surface area (Å²) in [5.74, 6) is 1.11. The molecule has 0 fully saturated rings. The minimum Gasteiger partial charge on any atom is -0.508 e. The molecule has 1 aliphatic heterocycles. The second-order valence-corrected chi connectivity index (χ2v) is 10.7. The van der Waals surface area contributed by atoms with Crippen LogP contribution in [0, 0.1) is 5.92 Å². The van der Waals surface area contributed by atoms with Gasteiger partial charge >= 0.3 is 0 Å². The van der Waals surface area contributed by atoms with E-state index in [2.05, 4.69) is 46.0 Å². The van der Waals surface area contributed by atoms with Crippen LogP contribution in [0.5, 0.6) is 11.5 Å². The van der Waals surface area contributed by atoms with E-state index in [1.807, 2.05) is 12.1 Å². The Morgan fingerprint density at radius 3 is 2.69 bits per heavy atom. The monoisotopic (exact) mass is 443 g/mol. The topological polar surface area (TPSA) is 78.8 Å². The number of fused-ring (bicyclic) bond motifs is 3. The molecule has 1 heterocycles. The molecular formula is C27H41NO4. The van der Waals surface area contributed by atoms with Crippen molar-refractivity contribution >= 4 is 5.91 Å². The molecule has 0 radical (unpaired) electrons. The van der Waals surface area contributed by atoms with Gasteiger partial charge in [0.2, 0.25) is 5.91 Å². The van der Waals surface area contributed by atoms with Crippen molar-refractivity contribution in [3.8, 4) is 11.5 Å². The van der Waals surface area contributed by atoms with Gasteiger partial charge in [0.15, 0.2) is 0 Å². The van der Waals surface area contributed by atoms with Gasteiger partial charge in [-0.1, -0.05) is 52.5 Å². The fourth-order valence-corrected chi connectivity index (χ4v) is 5.39. The number of amides is 1. The fourth-order valence-electron chi connectivity index (χ4n) is 5.39. The first-order valence-corrected chi connectivity index (χ1v) is 12.2. The molecule has 178 valence electrons. The Morgan fingerprint density at radius 2 is 2.00 bits per heavy atom. The number of rotatable bonds is 9. The Morgan fingerprint density at radius 1 is 1.25 bits per heavy atom. The lowest BCUT2D eigenvalue weighted by Gasteiger charge is -2.47. The van der Waals surface area contributed by atoms with Gasteiger partial charge in [-0.05, 0) is 56.2 Å². The van der Waals surface area contributed by atoms with Gasteiger partial charge in [-0.2, -0.15) is 0 Å². The van der Waals surface area contributed by atoms with Crippen molar-refractivity contribution in [2.24, 2.45) is 5.92 Å². The highest BCUT2D eigenvalue weighted by atomic mass is 16.5. The summed E-state index contributed by atoms with van der Waals surface area (Å²) in [6, 6.07) is 4.04. The Kier molecular flexibility index (Phi) is 7.59. The van der Waals surface area contributed by atoms with E-state index in [1.165, 1.54) is 25.7 Å². The lowest BCUT2D eigenvalue weighted by Crippen LogP contribution is -2.46. The zero-order chi connectivity index (χ0) is 23.5. The van der Waals surface area contributed by atoms with Gasteiger partial charge in [0.25, 0.3) is 0 Å². The number of allylic oxidation sites excluding steroid dienone is 1. The van der Waals surface area contributed by atoms with E-state index in [4.69, 9.17) is 9.84 Å². The average molecular weight is 444 g/mol. The first-order chi connectivity index (χ1) is 15.1. The number of unbranched alkanes of at least 4 members (excludes halogenated alkanes) is 3. The van der Waals surface area contributed by atoms with Gasteiger partial charge in [0.1, 0.15) is 17.1 Å². The molecule has 0 saturated heterocycles. The van der Waals surface area contributed by atoms with Crippen LogP contribution in [0.4, 0.5) is 0 Å². The molecule has 5 heteroatoms. The molecule has 2 atom stereocenters. The van der Waals surface area contributed by atoms with Crippen LogP contribution in [-0.2, 0) is 10.2 Å². The zero-order valence-corrected chi connectivity index (χ0v) is 20.5. The van der Waals surface area contributed by atoms with Crippen molar-refractivity contribution in [2.45, 2.75) is 96.5 Å². The van der Waals surface area contributed by atoms with Crippen molar-refractivity contribution in [2.75, 3.05) is 13.2 Å². The highest BCUT2D eigenvalue weighted by Gasteiger charge is 2.47. The van der Waals surface area contributed by atoms with Crippen LogP contribution in [0.15, 0.2) is 23.8 Å². The number of phenols is 1. The summed E-state index contributed by atoms with van der Waals surface area (Å²) in [6.07, 6.45) is 9.24. The van der Waals surface area contributed by atoms with Crippen LogP contribution in [0.1, 0.15) is 96.6 Å². The molecule has 0 spiro atoms. The van der Waals surface area contributed by atoms with E-state index in [0.717, 1.165) is 35.3 Å².